The first-order chi connectivity index (χ1) is 8.61. The van der Waals surface area contributed by atoms with E-state index in [0.717, 1.165) is 5.69 Å². The van der Waals surface area contributed by atoms with Crippen molar-refractivity contribution in [3.05, 3.63) is 47.8 Å². The van der Waals surface area contributed by atoms with Gasteiger partial charge in [-0.05, 0) is 30.2 Å². The average Bonchev–Trinajstić information content (AvgIpc) is 2.39. The molecule has 0 atom stereocenters. The molecule has 0 aliphatic heterocycles. The molecule has 2 aromatic heterocycles. The number of halogens is 1. The predicted molar refractivity (Wildman–Crippen MR) is 65.3 cm³/mol. The van der Waals surface area contributed by atoms with Gasteiger partial charge in [-0.2, -0.15) is 0 Å². The van der Waals surface area contributed by atoms with Crippen molar-refractivity contribution in [2.45, 2.75) is 13.3 Å². The van der Waals surface area contributed by atoms with Gasteiger partial charge in [0.05, 0.1) is 6.20 Å². The van der Waals surface area contributed by atoms with Crippen LogP contribution < -0.4 is 5.73 Å². The fourth-order valence-electron chi connectivity index (χ4n) is 1.73. The zero-order valence-electron chi connectivity index (χ0n) is 9.85. The second kappa shape index (κ2) is 4.91. The maximum atomic E-state index is 13.3. The van der Waals surface area contributed by atoms with Crippen LogP contribution in [-0.4, -0.2) is 15.9 Å². The average molecular weight is 245 g/mol. The second-order valence-electron chi connectivity index (χ2n) is 3.80. The van der Waals surface area contributed by atoms with Crippen LogP contribution in [0.25, 0.3) is 11.1 Å². The Balaban J connectivity index is 2.57. The smallest absolute Gasteiger partial charge is 0.267 e. The maximum Gasteiger partial charge on any atom is 0.267 e. The number of aryl methyl sites for hydroxylation is 1. The molecule has 0 spiro atoms. The zero-order valence-corrected chi connectivity index (χ0v) is 9.85. The molecule has 18 heavy (non-hydrogen) atoms. The molecule has 4 nitrogen and oxygen atoms in total. The number of hydrogen-bond donors (Lipinski definition) is 1. The summed E-state index contributed by atoms with van der Waals surface area (Å²) in [5.41, 5.74) is 7.42. The lowest BCUT2D eigenvalue weighted by Crippen LogP contribution is -2.12. The standard InChI is InChI=1S/C13H12FN3O/c1-2-11-10(6-9(14)7-17-11)8-3-4-16-12(5-8)13(15)18/h3-7H,2H2,1H3,(H2,15,18). The number of aromatic nitrogens is 2. The highest BCUT2D eigenvalue weighted by Crippen LogP contribution is 2.23. The van der Waals surface area contributed by atoms with E-state index in [-0.39, 0.29) is 5.69 Å². The fourth-order valence-corrected chi connectivity index (χ4v) is 1.73. The summed E-state index contributed by atoms with van der Waals surface area (Å²) < 4.78 is 13.3. The molecule has 0 aromatic carbocycles. The van der Waals surface area contributed by atoms with E-state index < -0.39 is 11.7 Å². The van der Waals surface area contributed by atoms with Crippen LogP contribution in [0.5, 0.6) is 0 Å². The maximum absolute atomic E-state index is 13.3. The van der Waals surface area contributed by atoms with Gasteiger partial charge in [-0.25, -0.2) is 4.39 Å². The Bertz CT molecular complexity index is 599. The van der Waals surface area contributed by atoms with Crippen LogP contribution in [0.3, 0.4) is 0 Å². The number of amides is 1. The number of carbonyl (C=O) groups excluding carboxylic acids is 1. The van der Waals surface area contributed by atoms with Gasteiger partial charge in [-0.3, -0.25) is 14.8 Å². The van der Waals surface area contributed by atoms with Crippen LogP contribution >= 0.6 is 0 Å². The highest BCUT2D eigenvalue weighted by Gasteiger charge is 2.09. The van der Waals surface area contributed by atoms with Crippen LogP contribution in [0.4, 0.5) is 4.39 Å². The lowest BCUT2D eigenvalue weighted by atomic mass is 10.0. The minimum atomic E-state index is -0.612. The number of carbonyl (C=O) groups is 1. The molecule has 0 fully saturated rings. The van der Waals surface area contributed by atoms with E-state index in [1.165, 1.54) is 24.5 Å². The molecule has 2 N–H and O–H groups in total. The molecule has 0 bridgehead atoms. The SMILES string of the molecule is CCc1ncc(F)cc1-c1ccnc(C(N)=O)c1. The predicted octanol–water partition coefficient (Wildman–Crippen LogP) is 1.94. The summed E-state index contributed by atoms with van der Waals surface area (Å²) in [5.74, 6) is -1.03. The molecule has 1 amide bonds. The molecule has 2 aromatic rings. The van der Waals surface area contributed by atoms with Crippen molar-refractivity contribution in [3.63, 3.8) is 0 Å². The Kier molecular flexibility index (Phi) is 3.32. The van der Waals surface area contributed by atoms with E-state index in [9.17, 15) is 9.18 Å². The van der Waals surface area contributed by atoms with Crippen molar-refractivity contribution < 1.29 is 9.18 Å². The summed E-state index contributed by atoms with van der Waals surface area (Å²) in [6.07, 6.45) is 3.32. The zero-order chi connectivity index (χ0) is 13.1. The van der Waals surface area contributed by atoms with Crippen molar-refractivity contribution >= 4 is 5.91 Å². The molecule has 2 rings (SSSR count). The van der Waals surface area contributed by atoms with Gasteiger partial charge >= 0.3 is 0 Å². The van der Waals surface area contributed by atoms with Gasteiger partial charge in [-0.1, -0.05) is 6.92 Å². The Morgan fingerprint density at radius 3 is 2.83 bits per heavy atom. The molecule has 0 saturated heterocycles. The molecule has 0 unspecified atom stereocenters. The van der Waals surface area contributed by atoms with Crippen LogP contribution in [0.2, 0.25) is 0 Å². The fraction of sp³-hybridized carbons (Fsp3) is 0.154. The Labute approximate surface area is 104 Å². The summed E-state index contributed by atoms with van der Waals surface area (Å²) >= 11 is 0. The lowest BCUT2D eigenvalue weighted by Gasteiger charge is -2.07. The van der Waals surface area contributed by atoms with Crippen LogP contribution in [0.15, 0.2) is 30.6 Å². The van der Waals surface area contributed by atoms with Gasteiger partial charge in [0.2, 0.25) is 0 Å². The van der Waals surface area contributed by atoms with Gasteiger partial charge in [0, 0.05) is 17.5 Å². The largest absolute Gasteiger partial charge is 0.364 e. The van der Waals surface area contributed by atoms with E-state index in [1.807, 2.05) is 6.92 Å². The van der Waals surface area contributed by atoms with Gasteiger partial charge in [-0.15, -0.1) is 0 Å². The molecule has 5 heteroatoms. The summed E-state index contributed by atoms with van der Waals surface area (Å²) in [5, 5.41) is 0. The second-order valence-corrected chi connectivity index (χ2v) is 3.80. The van der Waals surface area contributed by atoms with Gasteiger partial charge in [0.1, 0.15) is 11.5 Å². The molecule has 0 aliphatic rings. The number of primary amides is 1. The number of hydrogen-bond acceptors (Lipinski definition) is 3. The Morgan fingerprint density at radius 1 is 1.39 bits per heavy atom. The molecule has 0 aliphatic carbocycles. The minimum absolute atomic E-state index is 0.152. The highest BCUT2D eigenvalue weighted by molar-refractivity contribution is 5.92. The summed E-state index contributed by atoms with van der Waals surface area (Å²) in [6, 6.07) is 4.63. The van der Waals surface area contributed by atoms with Gasteiger partial charge < -0.3 is 5.73 Å². The highest BCUT2D eigenvalue weighted by atomic mass is 19.1. The molecular weight excluding hydrogens is 233 g/mol. The van der Waals surface area contributed by atoms with Crippen molar-refractivity contribution in [2.75, 3.05) is 0 Å². The van der Waals surface area contributed by atoms with E-state index in [2.05, 4.69) is 9.97 Å². The lowest BCUT2D eigenvalue weighted by molar-refractivity contribution is 0.0995. The number of nitrogens with zero attached hydrogens (tertiary/aromatic N) is 2. The van der Waals surface area contributed by atoms with E-state index in [0.29, 0.717) is 17.5 Å². The van der Waals surface area contributed by atoms with Crippen molar-refractivity contribution in [2.24, 2.45) is 5.73 Å². The minimum Gasteiger partial charge on any atom is -0.364 e. The molecule has 0 saturated carbocycles. The monoisotopic (exact) mass is 245 g/mol. The summed E-state index contributed by atoms with van der Waals surface area (Å²) in [6.45, 7) is 1.93. The van der Waals surface area contributed by atoms with Crippen molar-refractivity contribution in [1.82, 2.24) is 9.97 Å². The Morgan fingerprint density at radius 2 is 2.17 bits per heavy atom. The quantitative estimate of drug-likeness (QED) is 0.898. The summed E-state index contributed by atoms with van der Waals surface area (Å²) in [7, 11) is 0. The first kappa shape index (κ1) is 12.2. The van der Waals surface area contributed by atoms with Crippen LogP contribution in [0, 0.1) is 5.82 Å². The first-order valence-corrected chi connectivity index (χ1v) is 5.52. The van der Waals surface area contributed by atoms with Crippen molar-refractivity contribution in [3.8, 4) is 11.1 Å². The van der Waals surface area contributed by atoms with E-state index >= 15 is 0 Å². The summed E-state index contributed by atoms with van der Waals surface area (Å²) in [4.78, 5) is 19.0. The third-order valence-corrected chi connectivity index (χ3v) is 2.60. The normalized spacial score (nSPS) is 10.3. The number of rotatable bonds is 3. The van der Waals surface area contributed by atoms with Gasteiger partial charge in [0.15, 0.2) is 0 Å². The van der Waals surface area contributed by atoms with E-state index in [4.69, 9.17) is 5.73 Å². The van der Waals surface area contributed by atoms with Crippen LogP contribution in [-0.2, 0) is 6.42 Å². The first-order valence-electron chi connectivity index (χ1n) is 5.52. The Hall–Kier alpha value is -2.30. The molecule has 0 radical (unpaired) electrons. The molecule has 2 heterocycles. The molecular formula is C13H12FN3O. The van der Waals surface area contributed by atoms with Crippen molar-refractivity contribution in [1.29, 1.82) is 0 Å². The van der Waals surface area contributed by atoms with Crippen LogP contribution in [0.1, 0.15) is 23.1 Å². The number of pyridine rings is 2. The third-order valence-electron chi connectivity index (χ3n) is 2.60. The number of nitrogens with two attached hydrogens (primary N) is 1. The van der Waals surface area contributed by atoms with E-state index in [1.54, 1.807) is 6.07 Å². The topological polar surface area (TPSA) is 68.9 Å². The molecule has 92 valence electrons. The third kappa shape index (κ3) is 2.34. The van der Waals surface area contributed by atoms with Gasteiger partial charge in [0.25, 0.3) is 5.91 Å².